The molecule has 0 saturated carbocycles. The van der Waals surface area contributed by atoms with Crippen LogP contribution in [-0.4, -0.2) is 44.7 Å². The van der Waals surface area contributed by atoms with Crippen molar-refractivity contribution in [3.8, 4) is 0 Å². The summed E-state index contributed by atoms with van der Waals surface area (Å²) in [6, 6.07) is 6.29. The lowest BCUT2D eigenvalue weighted by atomic mass is 10.0. The molecule has 1 rings (SSSR count). The monoisotopic (exact) mass is 297 g/mol. The molecule has 0 aromatic heterocycles. The van der Waals surface area contributed by atoms with E-state index in [0.717, 1.165) is 37.5 Å². The average Bonchev–Trinajstić information content (AvgIpc) is 2.36. The third-order valence-corrected chi connectivity index (χ3v) is 3.58. The number of benzene rings is 1. The zero-order valence-corrected chi connectivity index (χ0v) is 14.0. The van der Waals surface area contributed by atoms with Crippen LogP contribution in [0.1, 0.15) is 25.8 Å². The van der Waals surface area contributed by atoms with Crippen molar-refractivity contribution in [2.24, 2.45) is 5.73 Å². The van der Waals surface area contributed by atoms with Gasteiger partial charge in [0.25, 0.3) is 0 Å². The lowest BCUT2D eigenvalue weighted by Gasteiger charge is -2.27. The SMILES string of the molecule is CCN(CCCN(C)C)c1cc(Cl)ccc1CC(C)N. The lowest BCUT2D eigenvalue weighted by molar-refractivity contribution is 0.400. The Bertz CT molecular complexity index is 405. The van der Waals surface area contributed by atoms with Crippen LogP contribution in [0, 0.1) is 0 Å². The second-order valence-corrected chi connectivity index (χ2v) is 6.13. The fourth-order valence-corrected chi connectivity index (χ4v) is 2.54. The van der Waals surface area contributed by atoms with E-state index in [1.807, 2.05) is 13.0 Å². The van der Waals surface area contributed by atoms with Crippen molar-refractivity contribution in [3.63, 3.8) is 0 Å². The number of anilines is 1. The van der Waals surface area contributed by atoms with Gasteiger partial charge in [-0.15, -0.1) is 0 Å². The predicted molar refractivity (Wildman–Crippen MR) is 89.9 cm³/mol. The lowest BCUT2D eigenvalue weighted by Crippen LogP contribution is -2.29. The number of halogens is 1. The summed E-state index contributed by atoms with van der Waals surface area (Å²) in [5.74, 6) is 0. The van der Waals surface area contributed by atoms with Gasteiger partial charge in [-0.1, -0.05) is 17.7 Å². The second-order valence-electron chi connectivity index (χ2n) is 5.69. The molecule has 0 aliphatic rings. The largest absolute Gasteiger partial charge is 0.371 e. The first-order valence-corrected chi connectivity index (χ1v) is 7.75. The number of nitrogens with zero attached hydrogens (tertiary/aromatic N) is 2. The molecule has 114 valence electrons. The van der Waals surface area contributed by atoms with Crippen molar-refractivity contribution < 1.29 is 0 Å². The molecule has 0 fully saturated rings. The van der Waals surface area contributed by atoms with Crippen LogP contribution in [0.2, 0.25) is 5.02 Å². The Kier molecular flexibility index (Phi) is 7.35. The molecule has 0 saturated heterocycles. The standard InChI is InChI=1S/C16H28ClN3/c1-5-20(10-6-9-19(3)4)16-12-15(17)8-7-14(16)11-13(2)18/h7-8,12-13H,5-6,9-11,18H2,1-4H3. The predicted octanol–water partition coefficient (Wildman–Crippen LogP) is 3.01. The van der Waals surface area contributed by atoms with Gasteiger partial charge in [0.15, 0.2) is 0 Å². The van der Waals surface area contributed by atoms with Crippen LogP contribution in [-0.2, 0) is 6.42 Å². The highest BCUT2D eigenvalue weighted by Crippen LogP contribution is 2.26. The maximum atomic E-state index is 6.17. The topological polar surface area (TPSA) is 32.5 Å². The molecule has 3 nitrogen and oxygen atoms in total. The third-order valence-electron chi connectivity index (χ3n) is 3.35. The Morgan fingerprint density at radius 1 is 1.25 bits per heavy atom. The van der Waals surface area contributed by atoms with Crippen LogP contribution in [0.3, 0.4) is 0 Å². The summed E-state index contributed by atoms with van der Waals surface area (Å²) in [7, 11) is 4.22. The minimum atomic E-state index is 0.162. The summed E-state index contributed by atoms with van der Waals surface area (Å²) in [6.07, 6.45) is 2.03. The highest BCUT2D eigenvalue weighted by atomic mass is 35.5. The number of rotatable bonds is 8. The zero-order chi connectivity index (χ0) is 15.1. The van der Waals surface area contributed by atoms with Gasteiger partial charge < -0.3 is 15.5 Å². The van der Waals surface area contributed by atoms with E-state index in [0.29, 0.717) is 0 Å². The average molecular weight is 298 g/mol. The van der Waals surface area contributed by atoms with E-state index < -0.39 is 0 Å². The van der Waals surface area contributed by atoms with E-state index in [1.165, 1.54) is 11.3 Å². The van der Waals surface area contributed by atoms with Crippen LogP contribution in [0.25, 0.3) is 0 Å². The normalized spacial score (nSPS) is 12.8. The summed E-state index contributed by atoms with van der Waals surface area (Å²) >= 11 is 6.17. The minimum absolute atomic E-state index is 0.162. The fourth-order valence-electron chi connectivity index (χ4n) is 2.38. The van der Waals surface area contributed by atoms with Gasteiger partial charge in [-0.2, -0.15) is 0 Å². The zero-order valence-electron chi connectivity index (χ0n) is 13.2. The van der Waals surface area contributed by atoms with Gasteiger partial charge in [0, 0.05) is 29.8 Å². The molecule has 0 heterocycles. The van der Waals surface area contributed by atoms with E-state index in [2.05, 4.69) is 43.0 Å². The summed E-state index contributed by atoms with van der Waals surface area (Å²) < 4.78 is 0. The van der Waals surface area contributed by atoms with Gasteiger partial charge in [0.1, 0.15) is 0 Å². The van der Waals surface area contributed by atoms with E-state index in [4.69, 9.17) is 17.3 Å². The van der Waals surface area contributed by atoms with Crippen molar-refractivity contribution in [1.82, 2.24) is 4.90 Å². The van der Waals surface area contributed by atoms with E-state index >= 15 is 0 Å². The molecule has 0 aliphatic carbocycles. The summed E-state index contributed by atoms with van der Waals surface area (Å²) in [5, 5.41) is 0.791. The molecular weight excluding hydrogens is 270 g/mol. The van der Waals surface area contributed by atoms with E-state index in [9.17, 15) is 0 Å². The Balaban J connectivity index is 2.85. The van der Waals surface area contributed by atoms with E-state index in [-0.39, 0.29) is 6.04 Å². The van der Waals surface area contributed by atoms with Gasteiger partial charge in [0.2, 0.25) is 0 Å². The maximum absolute atomic E-state index is 6.17. The molecule has 2 N–H and O–H groups in total. The summed E-state index contributed by atoms with van der Waals surface area (Å²) in [4.78, 5) is 4.61. The van der Waals surface area contributed by atoms with Crippen LogP contribution in [0.15, 0.2) is 18.2 Å². The molecule has 1 atom stereocenters. The molecule has 0 bridgehead atoms. The van der Waals surface area contributed by atoms with Gasteiger partial charge in [-0.05, 0) is 65.0 Å². The van der Waals surface area contributed by atoms with E-state index in [1.54, 1.807) is 0 Å². The molecule has 1 aromatic carbocycles. The van der Waals surface area contributed by atoms with Gasteiger partial charge in [0.05, 0.1) is 0 Å². The molecule has 4 heteroatoms. The van der Waals surface area contributed by atoms with Crippen molar-refractivity contribution >= 4 is 17.3 Å². The molecule has 0 radical (unpaired) electrons. The van der Waals surface area contributed by atoms with Crippen LogP contribution < -0.4 is 10.6 Å². The van der Waals surface area contributed by atoms with Crippen molar-refractivity contribution in [2.45, 2.75) is 32.7 Å². The van der Waals surface area contributed by atoms with Crippen LogP contribution >= 0.6 is 11.6 Å². The number of hydrogen-bond donors (Lipinski definition) is 1. The molecule has 1 unspecified atom stereocenters. The molecular formula is C16H28ClN3. The highest BCUT2D eigenvalue weighted by Gasteiger charge is 2.12. The Morgan fingerprint density at radius 3 is 2.50 bits per heavy atom. The van der Waals surface area contributed by atoms with Crippen molar-refractivity contribution in [1.29, 1.82) is 0 Å². The van der Waals surface area contributed by atoms with Crippen LogP contribution in [0.5, 0.6) is 0 Å². The number of hydrogen-bond acceptors (Lipinski definition) is 3. The fraction of sp³-hybridized carbons (Fsp3) is 0.625. The maximum Gasteiger partial charge on any atom is 0.0426 e. The first kappa shape index (κ1) is 17.3. The highest BCUT2D eigenvalue weighted by molar-refractivity contribution is 6.30. The van der Waals surface area contributed by atoms with Crippen molar-refractivity contribution in [3.05, 3.63) is 28.8 Å². The Morgan fingerprint density at radius 2 is 1.95 bits per heavy atom. The Hall–Kier alpha value is -0.770. The van der Waals surface area contributed by atoms with Crippen molar-refractivity contribution in [2.75, 3.05) is 38.6 Å². The number of nitrogens with two attached hydrogens (primary N) is 1. The molecule has 20 heavy (non-hydrogen) atoms. The van der Waals surface area contributed by atoms with Gasteiger partial charge >= 0.3 is 0 Å². The van der Waals surface area contributed by atoms with Gasteiger partial charge in [-0.3, -0.25) is 0 Å². The second kappa shape index (κ2) is 8.50. The van der Waals surface area contributed by atoms with Crippen LogP contribution in [0.4, 0.5) is 5.69 Å². The third kappa shape index (κ3) is 5.70. The molecule has 1 aromatic rings. The minimum Gasteiger partial charge on any atom is -0.371 e. The molecule has 0 spiro atoms. The molecule has 0 amide bonds. The first-order chi connectivity index (χ1) is 9.43. The Labute approximate surface area is 128 Å². The first-order valence-electron chi connectivity index (χ1n) is 7.37. The quantitative estimate of drug-likeness (QED) is 0.800. The summed E-state index contributed by atoms with van der Waals surface area (Å²) in [6.45, 7) is 7.35. The molecule has 0 aliphatic heterocycles. The summed E-state index contributed by atoms with van der Waals surface area (Å²) in [5.41, 5.74) is 8.48. The van der Waals surface area contributed by atoms with Gasteiger partial charge in [-0.25, -0.2) is 0 Å². The smallest absolute Gasteiger partial charge is 0.0426 e.